The zero-order chi connectivity index (χ0) is 14.6. The first-order chi connectivity index (χ1) is 9.52. The Labute approximate surface area is 122 Å². The average molecular weight is 274 g/mol. The van der Waals surface area contributed by atoms with Gasteiger partial charge in [0.15, 0.2) is 5.78 Å². The second-order valence-electron chi connectivity index (χ2n) is 6.45. The Balaban J connectivity index is 1.89. The maximum absolute atomic E-state index is 12.2. The minimum Gasteiger partial charge on any atom is -0.487 e. The molecule has 0 N–H and O–H groups in total. The maximum Gasteiger partial charge on any atom is 0.162 e. The fourth-order valence-corrected chi connectivity index (χ4v) is 2.82. The van der Waals surface area contributed by atoms with E-state index in [1.54, 1.807) is 0 Å². The van der Waals surface area contributed by atoms with Crippen molar-refractivity contribution in [3.05, 3.63) is 29.3 Å². The zero-order valence-electron chi connectivity index (χ0n) is 13.0. The van der Waals surface area contributed by atoms with Gasteiger partial charge >= 0.3 is 0 Å². The predicted octanol–water partition coefficient (Wildman–Crippen LogP) is 4.94. The summed E-state index contributed by atoms with van der Waals surface area (Å²) in [5.74, 6) is 1.21. The number of rotatable bonds is 7. The Kier molecular flexibility index (Phi) is 4.85. The first-order valence-corrected chi connectivity index (χ1v) is 7.87. The van der Waals surface area contributed by atoms with Gasteiger partial charge in [0.05, 0.1) is 0 Å². The van der Waals surface area contributed by atoms with Gasteiger partial charge in [-0.3, -0.25) is 4.79 Å². The molecule has 0 fully saturated rings. The molecule has 20 heavy (non-hydrogen) atoms. The van der Waals surface area contributed by atoms with E-state index in [1.807, 2.05) is 18.2 Å². The van der Waals surface area contributed by atoms with Gasteiger partial charge < -0.3 is 4.74 Å². The van der Waals surface area contributed by atoms with Crippen LogP contribution in [0.4, 0.5) is 0 Å². The Hall–Kier alpha value is -1.31. The second kappa shape index (κ2) is 6.43. The highest BCUT2D eigenvalue weighted by molar-refractivity contribution is 5.96. The number of hydrogen-bond donors (Lipinski definition) is 0. The molecule has 2 nitrogen and oxygen atoms in total. The second-order valence-corrected chi connectivity index (χ2v) is 6.45. The largest absolute Gasteiger partial charge is 0.487 e. The number of ketones is 1. The van der Waals surface area contributed by atoms with Crippen LogP contribution in [-0.4, -0.2) is 11.4 Å². The predicted molar refractivity (Wildman–Crippen MR) is 82.6 cm³/mol. The molecule has 0 amide bonds. The number of carbonyl (C=O) groups excluding carboxylic acids is 1. The molecule has 0 saturated heterocycles. The summed E-state index contributed by atoms with van der Waals surface area (Å²) < 4.78 is 5.84. The summed E-state index contributed by atoms with van der Waals surface area (Å²) in [5, 5.41) is 0. The third-order valence-electron chi connectivity index (χ3n) is 3.89. The molecule has 0 radical (unpaired) electrons. The molecule has 1 aromatic carbocycles. The summed E-state index contributed by atoms with van der Waals surface area (Å²) in [4.78, 5) is 12.2. The Morgan fingerprint density at radius 2 is 1.95 bits per heavy atom. The summed E-state index contributed by atoms with van der Waals surface area (Å²) in [6.07, 6.45) is 7.51. The van der Waals surface area contributed by atoms with Crippen molar-refractivity contribution in [1.82, 2.24) is 0 Å². The molecule has 0 aliphatic carbocycles. The van der Waals surface area contributed by atoms with Crippen molar-refractivity contribution in [2.24, 2.45) is 0 Å². The van der Waals surface area contributed by atoms with Crippen molar-refractivity contribution in [3.8, 4) is 5.75 Å². The Morgan fingerprint density at radius 1 is 1.20 bits per heavy atom. The lowest BCUT2D eigenvalue weighted by molar-refractivity contribution is 0.0979. The minimum atomic E-state index is -0.135. The minimum absolute atomic E-state index is 0.135. The molecule has 1 aromatic rings. The van der Waals surface area contributed by atoms with Gasteiger partial charge in [-0.05, 0) is 44.0 Å². The van der Waals surface area contributed by atoms with E-state index < -0.39 is 0 Å². The number of benzene rings is 1. The maximum atomic E-state index is 12.2. The number of hydrogen-bond acceptors (Lipinski definition) is 2. The first-order valence-electron chi connectivity index (χ1n) is 7.87. The van der Waals surface area contributed by atoms with E-state index in [9.17, 15) is 4.79 Å². The molecule has 2 heteroatoms. The number of Topliss-reactive ketones (excluding diaryl/α,β-unsaturated/α-hetero) is 1. The smallest absolute Gasteiger partial charge is 0.162 e. The molecule has 1 heterocycles. The molecule has 1 aliphatic heterocycles. The van der Waals surface area contributed by atoms with Crippen LogP contribution in [0.5, 0.6) is 5.75 Å². The van der Waals surface area contributed by atoms with Gasteiger partial charge in [-0.2, -0.15) is 0 Å². The standard InChI is InChI=1S/C18H26O2/c1-4-5-6-7-8-9-16(19)14-10-11-17-15(12-14)13-18(2,3)20-17/h10-12H,4-9,13H2,1-3H3. The van der Waals surface area contributed by atoms with Crippen LogP contribution in [0.25, 0.3) is 0 Å². The topological polar surface area (TPSA) is 26.3 Å². The highest BCUT2D eigenvalue weighted by Gasteiger charge is 2.30. The molecule has 0 spiro atoms. The SMILES string of the molecule is CCCCCCCC(=O)c1ccc2c(c1)CC(C)(C)O2. The molecule has 0 bridgehead atoms. The van der Waals surface area contributed by atoms with Crippen molar-refractivity contribution in [2.75, 3.05) is 0 Å². The zero-order valence-corrected chi connectivity index (χ0v) is 13.0. The molecule has 1 aliphatic rings. The van der Waals surface area contributed by atoms with Crippen molar-refractivity contribution >= 4 is 5.78 Å². The number of ether oxygens (including phenoxy) is 1. The van der Waals surface area contributed by atoms with E-state index in [2.05, 4.69) is 20.8 Å². The van der Waals surface area contributed by atoms with E-state index in [0.29, 0.717) is 6.42 Å². The van der Waals surface area contributed by atoms with Crippen LogP contribution in [-0.2, 0) is 6.42 Å². The molecule has 110 valence electrons. The van der Waals surface area contributed by atoms with Crippen LogP contribution in [0, 0.1) is 0 Å². The van der Waals surface area contributed by atoms with E-state index in [-0.39, 0.29) is 11.4 Å². The third-order valence-corrected chi connectivity index (χ3v) is 3.89. The lowest BCUT2D eigenvalue weighted by Gasteiger charge is -2.16. The van der Waals surface area contributed by atoms with Crippen LogP contribution in [0.1, 0.15) is 75.2 Å². The highest BCUT2D eigenvalue weighted by atomic mass is 16.5. The van der Waals surface area contributed by atoms with Crippen molar-refractivity contribution < 1.29 is 9.53 Å². The van der Waals surface area contributed by atoms with Crippen LogP contribution in [0.2, 0.25) is 0 Å². The van der Waals surface area contributed by atoms with E-state index in [4.69, 9.17) is 4.74 Å². The summed E-state index contributed by atoms with van der Waals surface area (Å²) >= 11 is 0. The van der Waals surface area contributed by atoms with Crippen molar-refractivity contribution in [3.63, 3.8) is 0 Å². The first kappa shape index (κ1) is 15.1. The summed E-state index contributed by atoms with van der Waals surface area (Å²) in [6.45, 7) is 6.38. The lowest BCUT2D eigenvalue weighted by Crippen LogP contribution is -2.24. The third kappa shape index (κ3) is 3.84. The molecule has 0 unspecified atom stereocenters. The van der Waals surface area contributed by atoms with E-state index >= 15 is 0 Å². The van der Waals surface area contributed by atoms with E-state index in [1.165, 1.54) is 31.2 Å². The van der Waals surface area contributed by atoms with Crippen LogP contribution < -0.4 is 4.74 Å². The molecule has 2 rings (SSSR count). The Morgan fingerprint density at radius 3 is 2.70 bits per heavy atom. The van der Waals surface area contributed by atoms with Crippen molar-refractivity contribution in [2.45, 2.75) is 71.3 Å². The fourth-order valence-electron chi connectivity index (χ4n) is 2.82. The van der Waals surface area contributed by atoms with E-state index in [0.717, 1.165) is 24.2 Å². The lowest BCUT2D eigenvalue weighted by atomic mass is 9.97. The normalized spacial score (nSPS) is 15.8. The summed E-state index contributed by atoms with van der Waals surface area (Å²) in [6, 6.07) is 5.89. The monoisotopic (exact) mass is 274 g/mol. The highest BCUT2D eigenvalue weighted by Crippen LogP contribution is 2.35. The van der Waals surface area contributed by atoms with Gasteiger partial charge in [0.2, 0.25) is 0 Å². The quantitative estimate of drug-likeness (QED) is 0.520. The van der Waals surface area contributed by atoms with Gasteiger partial charge in [-0.25, -0.2) is 0 Å². The van der Waals surface area contributed by atoms with Crippen LogP contribution >= 0.6 is 0 Å². The molecular weight excluding hydrogens is 248 g/mol. The van der Waals surface area contributed by atoms with Gasteiger partial charge in [0.1, 0.15) is 11.4 Å². The summed E-state index contributed by atoms with van der Waals surface area (Å²) in [5.41, 5.74) is 1.89. The molecular formula is C18H26O2. The van der Waals surface area contributed by atoms with Gasteiger partial charge in [0.25, 0.3) is 0 Å². The molecule has 0 aromatic heterocycles. The Bertz CT molecular complexity index is 474. The average Bonchev–Trinajstić information content (AvgIpc) is 2.70. The van der Waals surface area contributed by atoms with Crippen LogP contribution in [0.3, 0.4) is 0 Å². The number of carbonyl (C=O) groups is 1. The van der Waals surface area contributed by atoms with Crippen LogP contribution in [0.15, 0.2) is 18.2 Å². The van der Waals surface area contributed by atoms with Gasteiger partial charge in [-0.1, -0.05) is 32.6 Å². The fraction of sp³-hybridized carbons (Fsp3) is 0.611. The number of fused-ring (bicyclic) bond motifs is 1. The number of unbranched alkanes of at least 4 members (excludes halogenated alkanes) is 4. The van der Waals surface area contributed by atoms with Gasteiger partial charge in [-0.15, -0.1) is 0 Å². The molecule has 0 atom stereocenters. The summed E-state index contributed by atoms with van der Waals surface area (Å²) in [7, 11) is 0. The van der Waals surface area contributed by atoms with Crippen molar-refractivity contribution in [1.29, 1.82) is 0 Å². The molecule has 0 saturated carbocycles. The van der Waals surface area contributed by atoms with Gasteiger partial charge in [0, 0.05) is 18.4 Å².